The minimum Gasteiger partial charge on any atom is -0.338 e. The van der Waals surface area contributed by atoms with Gasteiger partial charge in [0.15, 0.2) is 0 Å². The maximum atomic E-state index is 12.5. The van der Waals surface area contributed by atoms with E-state index in [0.717, 1.165) is 12.8 Å². The zero-order valence-corrected chi connectivity index (χ0v) is 13.1. The van der Waals surface area contributed by atoms with Crippen molar-refractivity contribution in [2.75, 3.05) is 13.1 Å². The molecule has 0 spiro atoms. The summed E-state index contributed by atoms with van der Waals surface area (Å²) in [6.45, 7) is 3.09. The van der Waals surface area contributed by atoms with Crippen LogP contribution in [0.1, 0.15) is 30.1 Å². The zero-order chi connectivity index (χ0) is 15.6. The first-order valence-electron chi connectivity index (χ1n) is 6.77. The summed E-state index contributed by atoms with van der Waals surface area (Å²) in [5, 5.41) is 11.4. The molecule has 1 aliphatic rings. The van der Waals surface area contributed by atoms with Crippen LogP contribution < -0.4 is 0 Å². The van der Waals surface area contributed by atoms with Crippen molar-refractivity contribution >= 4 is 34.8 Å². The second-order valence-corrected chi connectivity index (χ2v) is 6.35. The zero-order valence-electron chi connectivity index (χ0n) is 11.6. The van der Waals surface area contributed by atoms with E-state index in [0.29, 0.717) is 19.0 Å². The molecule has 0 saturated carbocycles. The summed E-state index contributed by atoms with van der Waals surface area (Å²) in [6.07, 6.45) is 1.63. The Kier molecular flexibility index (Phi) is 5.06. The largest absolute Gasteiger partial charge is 0.338 e. The topological polar surface area (TPSA) is 63.5 Å². The minimum absolute atomic E-state index is 0.0760. The van der Waals surface area contributed by atoms with E-state index in [1.807, 2.05) is 6.92 Å². The van der Waals surface area contributed by atoms with Gasteiger partial charge >= 0.3 is 0 Å². The van der Waals surface area contributed by atoms with Crippen molar-refractivity contribution < 1.29 is 9.72 Å². The molecule has 1 amide bonds. The third kappa shape index (κ3) is 3.66. The molecule has 2 rings (SSSR count). The molecule has 21 heavy (non-hydrogen) atoms. The van der Waals surface area contributed by atoms with Crippen LogP contribution in [-0.2, 0) is 0 Å². The molecule has 0 radical (unpaired) electrons. The fourth-order valence-electron chi connectivity index (χ4n) is 2.57. The van der Waals surface area contributed by atoms with Crippen LogP contribution in [0.15, 0.2) is 18.2 Å². The van der Waals surface area contributed by atoms with E-state index in [1.165, 1.54) is 18.2 Å². The molecule has 0 bridgehead atoms. The first kappa shape index (κ1) is 16.0. The molecule has 1 aromatic carbocycles. The highest BCUT2D eigenvalue weighted by Gasteiger charge is 2.29. The summed E-state index contributed by atoms with van der Waals surface area (Å²) in [5.41, 5.74) is -0.165. The van der Waals surface area contributed by atoms with Crippen LogP contribution in [0.4, 0.5) is 5.69 Å². The monoisotopic (exact) mass is 330 g/mol. The maximum Gasteiger partial charge on any atom is 0.283 e. The number of hydrogen-bond donors (Lipinski definition) is 0. The van der Waals surface area contributed by atoms with Crippen molar-refractivity contribution in [3.8, 4) is 0 Å². The van der Waals surface area contributed by atoms with Crippen molar-refractivity contribution in [2.24, 2.45) is 5.92 Å². The predicted octanol–water partition coefficient (Wildman–Crippen LogP) is 3.73. The molecule has 0 aromatic heterocycles. The summed E-state index contributed by atoms with van der Waals surface area (Å²) in [6, 6.07) is 4.12. The molecule has 1 aromatic rings. The average molecular weight is 331 g/mol. The fraction of sp³-hybridized carbons (Fsp3) is 0.500. The molecule has 1 aliphatic heterocycles. The van der Waals surface area contributed by atoms with Gasteiger partial charge in [-0.15, -0.1) is 11.6 Å². The van der Waals surface area contributed by atoms with Gasteiger partial charge in [-0.2, -0.15) is 0 Å². The molecule has 1 heterocycles. The van der Waals surface area contributed by atoms with Crippen LogP contribution in [-0.4, -0.2) is 34.2 Å². The van der Waals surface area contributed by atoms with E-state index < -0.39 is 4.92 Å². The van der Waals surface area contributed by atoms with Gasteiger partial charge in [0, 0.05) is 29.6 Å². The van der Waals surface area contributed by atoms with Crippen LogP contribution >= 0.6 is 23.2 Å². The molecule has 1 fully saturated rings. The highest BCUT2D eigenvalue weighted by Crippen LogP contribution is 2.28. The third-order valence-electron chi connectivity index (χ3n) is 3.86. The highest BCUT2D eigenvalue weighted by atomic mass is 35.5. The number of carbonyl (C=O) groups is 1. The van der Waals surface area contributed by atoms with Crippen molar-refractivity contribution in [1.82, 2.24) is 4.90 Å². The number of hydrogen-bond acceptors (Lipinski definition) is 3. The molecule has 1 unspecified atom stereocenters. The summed E-state index contributed by atoms with van der Waals surface area (Å²) in [7, 11) is 0. The smallest absolute Gasteiger partial charge is 0.283 e. The number of nitro groups is 1. The van der Waals surface area contributed by atoms with Gasteiger partial charge < -0.3 is 4.90 Å². The number of benzene rings is 1. The lowest BCUT2D eigenvalue weighted by Crippen LogP contribution is -2.40. The Bertz CT molecular complexity index is 555. The van der Waals surface area contributed by atoms with Gasteiger partial charge in [-0.05, 0) is 37.8 Å². The van der Waals surface area contributed by atoms with Gasteiger partial charge in [-0.25, -0.2) is 0 Å². The minimum atomic E-state index is -0.577. The van der Waals surface area contributed by atoms with Gasteiger partial charge in [0.2, 0.25) is 0 Å². The Morgan fingerprint density at radius 3 is 2.57 bits per heavy atom. The maximum absolute atomic E-state index is 12.5. The van der Waals surface area contributed by atoms with Crippen LogP contribution in [0.2, 0.25) is 5.02 Å². The number of piperidine rings is 1. The molecular weight excluding hydrogens is 315 g/mol. The number of rotatable bonds is 3. The second-order valence-electron chi connectivity index (χ2n) is 5.23. The van der Waals surface area contributed by atoms with E-state index in [9.17, 15) is 14.9 Å². The molecular formula is C14H16Cl2N2O3. The summed E-state index contributed by atoms with van der Waals surface area (Å²) >= 11 is 11.8. The molecule has 7 heteroatoms. The molecule has 114 valence electrons. The van der Waals surface area contributed by atoms with E-state index in [-0.39, 0.29) is 27.6 Å². The Balaban J connectivity index is 2.16. The molecule has 5 nitrogen and oxygen atoms in total. The number of amides is 1. The van der Waals surface area contributed by atoms with Gasteiger partial charge in [0.25, 0.3) is 11.6 Å². The number of nitro benzene ring substituents is 1. The number of alkyl halides is 1. The first-order chi connectivity index (χ1) is 9.90. The van der Waals surface area contributed by atoms with E-state index >= 15 is 0 Å². The Hall–Kier alpha value is -1.33. The normalized spacial score (nSPS) is 17.6. The lowest BCUT2D eigenvalue weighted by molar-refractivity contribution is -0.385. The summed E-state index contributed by atoms with van der Waals surface area (Å²) < 4.78 is 0. The van der Waals surface area contributed by atoms with Gasteiger partial charge in [-0.1, -0.05) is 11.6 Å². The Labute approximate surface area is 133 Å². The van der Waals surface area contributed by atoms with Gasteiger partial charge in [-0.3, -0.25) is 14.9 Å². The van der Waals surface area contributed by atoms with Crippen LogP contribution in [0.5, 0.6) is 0 Å². The SMILES string of the molecule is CC(Cl)C1CCN(C(=O)c2ccc(Cl)cc2[N+](=O)[O-])CC1. The predicted molar refractivity (Wildman–Crippen MR) is 82.0 cm³/mol. The van der Waals surface area contributed by atoms with Gasteiger partial charge in [0.1, 0.15) is 5.56 Å². The lowest BCUT2D eigenvalue weighted by atomic mass is 9.93. The summed E-state index contributed by atoms with van der Waals surface area (Å²) in [4.78, 5) is 24.6. The van der Waals surface area contributed by atoms with Gasteiger partial charge in [0.05, 0.1) is 4.92 Å². The summed E-state index contributed by atoms with van der Waals surface area (Å²) in [5.74, 6) is 0.0648. The Morgan fingerprint density at radius 1 is 1.43 bits per heavy atom. The quantitative estimate of drug-likeness (QED) is 0.482. The standard InChI is InChI=1S/C14H16Cl2N2O3/c1-9(15)10-4-6-17(7-5-10)14(19)12-3-2-11(16)8-13(12)18(20)21/h2-3,8-10H,4-7H2,1H3. The van der Waals surface area contributed by atoms with Crippen LogP contribution in [0.3, 0.4) is 0 Å². The number of nitrogens with zero attached hydrogens (tertiary/aromatic N) is 2. The van der Waals surface area contributed by atoms with Crippen LogP contribution in [0, 0.1) is 16.0 Å². The van der Waals surface area contributed by atoms with Crippen molar-refractivity contribution in [1.29, 1.82) is 0 Å². The van der Waals surface area contributed by atoms with Crippen molar-refractivity contribution in [2.45, 2.75) is 25.1 Å². The average Bonchev–Trinajstić information content (AvgIpc) is 2.46. The van der Waals surface area contributed by atoms with E-state index in [1.54, 1.807) is 4.90 Å². The molecule has 0 N–H and O–H groups in total. The van der Waals surface area contributed by atoms with Crippen molar-refractivity contribution in [3.05, 3.63) is 38.9 Å². The highest BCUT2D eigenvalue weighted by molar-refractivity contribution is 6.31. The number of likely N-dealkylation sites (tertiary alicyclic amines) is 1. The Morgan fingerprint density at radius 2 is 2.05 bits per heavy atom. The van der Waals surface area contributed by atoms with E-state index in [4.69, 9.17) is 23.2 Å². The lowest BCUT2D eigenvalue weighted by Gasteiger charge is -2.33. The molecule has 1 saturated heterocycles. The van der Waals surface area contributed by atoms with Crippen LogP contribution in [0.25, 0.3) is 0 Å². The first-order valence-corrected chi connectivity index (χ1v) is 7.59. The second kappa shape index (κ2) is 6.62. The number of halogens is 2. The fourth-order valence-corrected chi connectivity index (χ4v) is 2.99. The van der Waals surface area contributed by atoms with E-state index in [2.05, 4.69) is 0 Å². The molecule has 0 aliphatic carbocycles. The number of carbonyl (C=O) groups excluding carboxylic acids is 1. The van der Waals surface area contributed by atoms with Crippen molar-refractivity contribution in [3.63, 3.8) is 0 Å². The third-order valence-corrected chi connectivity index (χ3v) is 4.45. The molecule has 1 atom stereocenters.